The van der Waals surface area contributed by atoms with Crippen molar-refractivity contribution in [2.24, 2.45) is 5.73 Å². The van der Waals surface area contributed by atoms with Gasteiger partial charge < -0.3 is 26.0 Å². The monoisotopic (exact) mass is 508 g/mol. The number of amides is 2. The third-order valence-electron chi connectivity index (χ3n) is 6.76. The van der Waals surface area contributed by atoms with E-state index in [4.69, 9.17) is 10.5 Å². The number of urea groups is 1. The van der Waals surface area contributed by atoms with Crippen molar-refractivity contribution in [1.29, 1.82) is 0 Å². The number of nitrogens with one attached hydrogen (secondary N) is 2. The minimum Gasteiger partial charge on any atom is -0.383 e. The van der Waals surface area contributed by atoms with Gasteiger partial charge in [0.05, 0.1) is 24.1 Å². The maximum absolute atomic E-state index is 13.3. The van der Waals surface area contributed by atoms with Crippen LogP contribution in [0.1, 0.15) is 37.8 Å². The second-order valence-corrected chi connectivity index (χ2v) is 9.51. The van der Waals surface area contributed by atoms with Crippen molar-refractivity contribution in [2.75, 3.05) is 44.0 Å². The highest BCUT2D eigenvalue weighted by Crippen LogP contribution is 2.19. The third kappa shape index (κ3) is 6.46. The second kappa shape index (κ2) is 12.2. The van der Waals surface area contributed by atoms with E-state index in [0.717, 1.165) is 38.0 Å². The molecule has 198 valence electrons. The molecule has 1 fully saturated rings. The van der Waals surface area contributed by atoms with Gasteiger partial charge >= 0.3 is 11.7 Å². The number of nitrogens with zero attached hydrogens (tertiary/aromatic N) is 3. The number of carbonyl (C=O) groups is 1. The number of hydrogen-bond acceptors (Lipinski definition) is 6. The number of carbonyl (C=O) groups excluding carboxylic acids is 1. The fraction of sp³-hybridized carbons (Fsp3) is 0.444. The minimum absolute atomic E-state index is 0.155. The number of anilines is 2. The molecular formula is C27H36N6O4. The molecule has 0 bridgehead atoms. The van der Waals surface area contributed by atoms with Gasteiger partial charge in [-0.15, -0.1) is 0 Å². The molecule has 1 aliphatic heterocycles. The van der Waals surface area contributed by atoms with Crippen LogP contribution in [0, 0.1) is 0 Å². The van der Waals surface area contributed by atoms with Gasteiger partial charge in [-0.05, 0) is 68.8 Å². The molecular weight excluding hydrogens is 472 g/mol. The number of nitrogens with two attached hydrogens (primary N) is 1. The van der Waals surface area contributed by atoms with Gasteiger partial charge in [0.25, 0.3) is 5.56 Å². The number of rotatable bonds is 9. The average molecular weight is 509 g/mol. The molecule has 2 amide bonds. The van der Waals surface area contributed by atoms with Crippen molar-refractivity contribution in [3.8, 4) is 0 Å². The van der Waals surface area contributed by atoms with Crippen molar-refractivity contribution >= 4 is 28.3 Å². The zero-order valence-electron chi connectivity index (χ0n) is 21.5. The van der Waals surface area contributed by atoms with E-state index in [0.29, 0.717) is 28.8 Å². The summed E-state index contributed by atoms with van der Waals surface area (Å²) in [6, 6.07) is 11.8. The van der Waals surface area contributed by atoms with Gasteiger partial charge in [-0.2, -0.15) is 0 Å². The number of ether oxygens (including phenoxy) is 1. The van der Waals surface area contributed by atoms with Gasteiger partial charge in [0.2, 0.25) is 0 Å². The minimum atomic E-state index is -0.445. The molecule has 4 rings (SSSR count). The first-order chi connectivity index (χ1) is 17.9. The number of methoxy groups -OCH3 is 1. The predicted octanol–water partition coefficient (Wildman–Crippen LogP) is 2.96. The summed E-state index contributed by atoms with van der Waals surface area (Å²) in [5, 5.41) is 5.95. The summed E-state index contributed by atoms with van der Waals surface area (Å²) < 4.78 is 8.00. The maximum Gasteiger partial charge on any atom is 0.331 e. The highest BCUT2D eigenvalue weighted by molar-refractivity contribution is 6.01. The zero-order valence-corrected chi connectivity index (χ0v) is 21.5. The summed E-state index contributed by atoms with van der Waals surface area (Å²) >= 11 is 0. The zero-order chi connectivity index (χ0) is 26.4. The maximum atomic E-state index is 13.3. The van der Waals surface area contributed by atoms with Crippen LogP contribution in [0.2, 0.25) is 0 Å². The lowest BCUT2D eigenvalue weighted by molar-refractivity contribution is 0.183. The number of benzene rings is 2. The Kier molecular flexibility index (Phi) is 8.75. The van der Waals surface area contributed by atoms with Crippen LogP contribution in [0.4, 0.5) is 16.2 Å². The van der Waals surface area contributed by atoms with Gasteiger partial charge in [0, 0.05) is 37.6 Å². The second-order valence-electron chi connectivity index (χ2n) is 9.51. The molecule has 0 saturated carbocycles. The quantitative estimate of drug-likeness (QED) is 0.408. The van der Waals surface area contributed by atoms with Crippen molar-refractivity contribution in [1.82, 2.24) is 14.0 Å². The van der Waals surface area contributed by atoms with Crippen molar-refractivity contribution in [3.63, 3.8) is 0 Å². The standard InChI is InChI=1S/C27H36N6O4/c1-19(28)20-7-6-8-21(17-20)29-26(35)30-22-9-10-24-23(18-22)25(34)33(15-16-37-2)27(36)32(24)14-13-31-11-4-3-5-12-31/h6-10,17-19H,3-5,11-16,28H2,1-2H3,(H2,29,30,35). The summed E-state index contributed by atoms with van der Waals surface area (Å²) in [7, 11) is 1.53. The number of aromatic nitrogens is 2. The lowest BCUT2D eigenvalue weighted by Gasteiger charge is -2.27. The molecule has 0 radical (unpaired) electrons. The van der Waals surface area contributed by atoms with Gasteiger partial charge in [0.1, 0.15) is 0 Å². The van der Waals surface area contributed by atoms with Crippen molar-refractivity contribution in [2.45, 2.75) is 45.3 Å². The normalized spacial score (nSPS) is 15.0. The summed E-state index contributed by atoms with van der Waals surface area (Å²) in [5.74, 6) is 0. The molecule has 1 aromatic heterocycles. The molecule has 37 heavy (non-hydrogen) atoms. The Labute approximate surface area is 216 Å². The predicted molar refractivity (Wildman–Crippen MR) is 146 cm³/mol. The van der Waals surface area contributed by atoms with E-state index in [1.54, 1.807) is 28.8 Å². The van der Waals surface area contributed by atoms with E-state index >= 15 is 0 Å². The molecule has 4 N–H and O–H groups in total. The van der Waals surface area contributed by atoms with Crippen LogP contribution in [0.25, 0.3) is 10.9 Å². The molecule has 1 aliphatic rings. The van der Waals surface area contributed by atoms with Crippen molar-refractivity contribution in [3.05, 3.63) is 68.9 Å². The Bertz CT molecular complexity index is 1360. The van der Waals surface area contributed by atoms with E-state index in [1.807, 2.05) is 25.1 Å². The topological polar surface area (TPSA) is 124 Å². The van der Waals surface area contributed by atoms with Crippen LogP contribution in [0.5, 0.6) is 0 Å². The molecule has 10 nitrogen and oxygen atoms in total. The van der Waals surface area contributed by atoms with Gasteiger partial charge in [-0.25, -0.2) is 9.59 Å². The summed E-state index contributed by atoms with van der Waals surface area (Å²) in [4.78, 5) is 41.6. The molecule has 2 aromatic carbocycles. The van der Waals surface area contributed by atoms with Gasteiger partial charge in [0.15, 0.2) is 0 Å². The van der Waals surface area contributed by atoms with E-state index < -0.39 is 11.6 Å². The van der Waals surface area contributed by atoms with Gasteiger partial charge in [-0.1, -0.05) is 18.6 Å². The summed E-state index contributed by atoms with van der Waals surface area (Å²) in [5.41, 5.74) is 7.71. The number of likely N-dealkylation sites (tertiary alicyclic amines) is 1. The van der Waals surface area contributed by atoms with E-state index in [1.165, 1.54) is 18.1 Å². The summed E-state index contributed by atoms with van der Waals surface area (Å²) in [6.07, 6.45) is 3.56. The van der Waals surface area contributed by atoms with Crippen LogP contribution < -0.4 is 27.6 Å². The first-order valence-electron chi connectivity index (χ1n) is 12.8. The third-order valence-corrected chi connectivity index (χ3v) is 6.76. The molecule has 0 spiro atoms. The smallest absolute Gasteiger partial charge is 0.331 e. The molecule has 3 aromatic rings. The largest absolute Gasteiger partial charge is 0.383 e. The first-order valence-corrected chi connectivity index (χ1v) is 12.8. The number of piperidine rings is 1. The van der Waals surface area contributed by atoms with Crippen LogP contribution in [-0.2, 0) is 17.8 Å². The molecule has 1 atom stereocenters. The fourth-order valence-electron chi connectivity index (χ4n) is 4.71. The van der Waals surface area contributed by atoms with Crippen LogP contribution in [-0.4, -0.2) is 53.4 Å². The van der Waals surface area contributed by atoms with Crippen LogP contribution >= 0.6 is 0 Å². The Morgan fingerprint density at radius 2 is 1.70 bits per heavy atom. The number of hydrogen-bond donors (Lipinski definition) is 3. The van der Waals surface area contributed by atoms with E-state index in [-0.39, 0.29) is 24.9 Å². The fourth-order valence-corrected chi connectivity index (χ4v) is 4.71. The highest BCUT2D eigenvalue weighted by atomic mass is 16.5. The Hall–Kier alpha value is -3.47. The average Bonchev–Trinajstić information content (AvgIpc) is 2.89. The van der Waals surface area contributed by atoms with E-state index in [2.05, 4.69) is 15.5 Å². The van der Waals surface area contributed by atoms with Gasteiger partial charge in [-0.3, -0.25) is 13.9 Å². The SMILES string of the molecule is COCCn1c(=O)c2cc(NC(=O)Nc3cccc(C(C)N)c3)ccc2n(CCN2CCCCC2)c1=O. The first kappa shape index (κ1) is 26.6. The molecule has 0 aliphatic carbocycles. The highest BCUT2D eigenvalue weighted by Gasteiger charge is 2.16. The lowest BCUT2D eigenvalue weighted by atomic mass is 10.1. The lowest BCUT2D eigenvalue weighted by Crippen LogP contribution is -2.43. The Balaban J connectivity index is 1.61. The molecule has 10 heteroatoms. The Morgan fingerprint density at radius 3 is 2.41 bits per heavy atom. The molecule has 2 heterocycles. The Morgan fingerprint density at radius 1 is 0.973 bits per heavy atom. The molecule has 1 unspecified atom stereocenters. The van der Waals surface area contributed by atoms with Crippen LogP contribution in [0.3, 0.4) is 0 Å². The van der Waals surface area contributed by atoms with E-state index in [9.17, 15) is 14.4 Å². The summed E-state index contributed by atoms with van der Waals surface area (Å²) in [6.45, 7) is 5.53. The van der Waals surface area contributed by atoms with Crippen molar-refractivity contribution < 1.29 is 9.53 Å². The molecule has 1 saturated heterocycles. The van der Waals surface area contributed by atoms with Crippen LogP contribution in [0.15, 0.2) is 52.1 Å². The number of fused-ring (bicyclic) bond motifs is 1.